The summed E-state index contributed by atoms with van der Waals surface area (Å²) >= 11 is 0. The number of nitrogens with zero attached hydrogens (tertiary/aromatic N) is 1. The Morgan fingerprint density at radius 2 is 1.69 bits per heavy atom. The van der Waals surface area contributed by atoms with Crippen LogP contribution in [0.4, 0.5) is 0 Å². The molecule has 1 unspecified atom stereocenters. The third-order valence-corrected chi connectivity index (χ3v) is 3.00. The predicted molar refractivity (Wildman–Crippen MR) is 55.8 cm³/mol. The van der Waals surface area contributed by atoms with Gasteiger partial charge in [-0.05, 0) is 32.9 Å². The molecule has 0 aromatic heterocycles. The fourth-order valence-electron chi connectivity index (χ4n) is 2.22. The molecule has 1 fully saturated rings. The van der Waals surface area contributed by atoms with Crippen LogP contribution in [0.3, 0.4) is 0 Å². The minimum Gasteiger partial charge on any atom is -0.392 e. The number of aliphatic hydroxyl groups is 1. The van der Waals surface area contributed by atoms with Gasteiger partial charge in [0.15, 0.2) is 0 Å². The van der Waals surface area contributed by atoms with Crippen molar-refractivity contribution in [3.63, 3.8) is 0 Å². The van der Waals surface area contributed by atoms with Crippen LogP contribution in [0.1, 0.15) is 38.5 Å². The summed E-state index contributed by atoms with van der Waals surface area (Å²) < 4.78 is 0. The Kier molecular flexibility index (Phi) is 4.74. The summed E-state index contributed by atoms with van der Waals surface area (Å²) in [5.41, 5.74) is 0. The molecule has 1 aliphatic rings. The molecule has 0 bridgehead atoms. The summed E-state index contributed by atoms with van der Waals surface area (Å²) in [4.78, 5) is 2.08. The first-order valence-corrected chi connectivity index (χ1v) is 5.53. The molecule has 0 heterocycles. The van der Waals surface area contributed by atoms with E-state index in [4.69, 9.17) is 0 Å². The second kappa shape index (κ2) is 5.61. The summed E-state index contributed by atoms with van der Waals surface area (Å²) in [5.74, 6) is 0.560. The fourth-order valence-corrected chi connectivity index (χ4v) is 2.22. The Morgan fingerprint density at radius 1 is 1.15 bits per heavy atom. The van der Waals surface area contributed by atoms with Crippen LogP contribution in [-0.2, 0) is 0 Å². The molecule has 2 heteroatoms. The van der Waals surface area contributed by atoms with Crippen molar-refractivity contribution in [2.24, 2.45) is 5.92 Å². The van der Waals surface area contributed by atoms with Gasteiger partial charge in [0.25, 0.3) is 0 Å². The molecule has 1 aliphatic carbocycles. The quantitative estimate of drug-likeness (QED) is 0.679. The lowest BCUT2D eigenvalue weighted by molar-refractivity contribution is 0.0722. The first-order valence-electron chi connectivity index (χ1n) is 5.53. The molecule has 13 heavy (non-hydrogen) atoms. The van der Waals surface area contributed by atoms with E-state index in [9.17, 15) is 5.11 Å². The lowest BCUT2D eigenvalue weighted by Crippen LogP contribution is -2.32. The number of hydrogen-bond donors (Lipinski definition) is 1. The monoisotopic (exact) mass is 185 g/mol. The maximum absolute atomic E-state index is 9.93. The molecule has 1 saturated carbocycles. The maximum atomic E-state index is 9.93. The number of rotatable bonds is 3. The normalized spacial score (nSPS) is 23.1. The fraction of sp³-hybridized carbons (Fsp3) is 1.00. The number of hydrogen-bond acceptors (Lipinski definition) is 2. The van der Waals surface area contributed by atoms with Gasteiger partial charge in [0.1, 0.15) is 0 Å². The molecule has 78 valence electrons. The average Bonchev–Trinajstić information content (AvgIpc) is 2.29. The van der Waals surface area contributed by atoms with Crippen molar-refractivity contribution >= 4 is 0 Å². The Labute approximate surface area is 81.9 Å². The van der Waals surface area contributed by atoms with Gasteiger partial charge in [-0.25, -0.2) is 0 Å². The Hall–Kier alpha value is -0.0800. The highest BCUT2D eigenvalue weighted by molar-refractivity contribution is 4.73. The molecule has 0 spiro atoms. The summed E-state index contributed by atoms with van der Waals surface area (Å²) in [6.07, 6.45) is 7.72. The third kappa shape index (κ3) is 4.10. The number of aliphatic hydroxyl groups excluding tert-OH is 1. The molecule has 1 atom stereocenters. The van der Waals surface area contributed by atoms with E-state index in [1.54, 1.807) is 0 Å². The van der Waals surface area contributed by atoms with Crippen LogP contribution in [0, 0.1) is 5.92 Å². The van der Waals surface area contributed by atoms with E-state index >= 15 is 0 Å². The van der Waals surface area contributed by atoms with Crippen LogP contribution >= 0.6 is 0 Å². The highest BCUT2D eigenvalue weighted by atomic mass is 16.3. The minimum absolute atomic E-state index is 0.104. The van der Waals surface area contributed by atoms with Gasteiger partial charge in [0, 0.05) is 6.54 Å². The van der Waals surface area contributed by atoms with Gasteiger partial charge in [-0.2, -0.15) is 0 Å². The first-order chi connectivity index (χ1) is 6.20. The molecule has 0 saturated heterocycles. The SMILES string of the molecule is CN(C)CC(O)C1CCCCCC1. The second-order valence-corrected chi connectivity index (χ2v) is 4.58. The minimum atomic E-state index is -0.104. The van der Waals surface area contributed by atoms with Crippen molar-refractivity contribution in [3.05, 3.63) is 0 Å². The van der Waals surface area contributed by atoms with E-state index in [-0.39, 0.29) is 6.10 Å². The average molecular weight is 185 g/mol. The standard InChI is InChI=1S/C11H23NO/c1-12(2)9-11(13)10-7-5-3-4-6-8-10/h10-11,13H,3-9H2,1-2H3. The highest BCUT2D eigenvalue weighted by Gasteiger charge is 2.20. The van der Waals surface area contributed by atoms with Gasteiger partial charge in [0.2, 0.25) is 0 Å². The van der Waals surface area contributed by atoms with Crippen LogP contribution in [0.2, 0.25) is 0 Å². The Bertz CT molecular complexity index is 128. The zero-order chi connectivity index (χ0) is 9.68. The van der Waals surface area contributed by atoms with Gasteiger partial charge in [-0.15, -0.1) is 0 Å². The van der Waals surface area contributed by atoms with Crippen LogP contribution in [-0.4, -0.2) is 36.8 Å². The van der Waals surface area contributed by atoms with Crippen LogP contribution in [0.15, 0.2) is 0 Å². The lowest BCUT2D eigenvalue weighted by atomic mass is 9.94. The van der Waals surface area contributed by atoms with Crippen LogP contribution in [0.5, 0.6) is 0 Å². The molecule has 2 nitrogen and oxygen atoms in total. The first kappa shape index (κ1) is 11.0. The molecular formula is C11H23NO. The smallest absolute Gasteiger partial charge is 0.0694 e. The van der Waals surface area contributed by atoms with Crippen LogP contribution < -0.4 is 0 Å². The molecule has 0 aromatic rings. The van der Waals surface area contributed by atoms with E-state index in [1.165, 1.54) is 38.5 Å². The van der Waals surface area contributed by atoms with Gasteiger partial charge in [-0.3, -0.25) is 0 Å². The molecule has 1 rings (SSSR count). The Balaban J connectivity index is 2.30. The largest absolute Gasteiger partial charge is 0.392 e. The zero-order valence-electron chi connectivity index (χ0n) is 9.00. The van der Waals surface area contributed by atoms with Crippen molar-refractivity contribution in [1.29, 1.82) is 0 Å². The predicted octanol–water partition coefficient (Wildman–Crippen LogP) is 1.88. The van der Waals surface area contributed by atoms with Crippen molar-refractivity contribution in [1.82, 2.24) is 4.90 Å². The molecular weight excluding hydrogens is 162 g/mol. The van der Waals surface area contributed by atoms with E-state index in [0.717, 1.165) is 6.54 Å². The van der Waals surface area contributed by atoms with E-state index in [0.29, 0.717) is 5.92 Å². The van der Waals surface area contributed by atoms with Gasteiger partial charge >= 0.3 is 0 Å². The van der Waals surface area contributed by atoms with E-state index < -0.39 is 0 Å². The summed E-state index contributed by atoms with van der Waals surface area (Å²) in [6.45, 7) is 0.824. The summed E-state index contributed by atoms with van der Waals surface area (Å²) in [7, 11) is 4.06. The van der Waals surface area contributed by atoms with Gasteiger partial charge in [-0.1, -0.05) is 25.7 Å². The van der Waals surface area contributed by atoms with Crippen molar-refractivity contribution < 1.29 is 5.11 Å². The van der Waals surface area contributed by atoms with E-state index in [1.807, 2.05) is 14.1 Å². The summed E-state index contributed by atoms with van der Waals surface area (Å²) in [5, 5.41) is 9.93. The molecule has 0 amide bonds. The van der Waals surface area contributed by atoms with Crippen molar-refractivity contribution in [3.8, 4) is 0 Å². The van der Waals surface area contributed by atoms with Crippen LogP contribution in [0.25, 0.3) is 0 Å². The highest BCUT2D eigenvalue weighted by Crippen LogP contribution is 2.25. The van der Waals surface area contributed by atoms with E-state index in [2.05, 4.69) is 4.90 Å². The maximum Gasteiger partial charge on any atom is 0.0694 e. The van der Waals surface area contributed by atoms with Gasteiger partial charge in [0.05, 0.1) is 6.10 Å². The van der Waals surface area contributed by atoms with Gasteiger partial charge < -0.3 is 10.0 Å². The third-order valence-electron chi connectivity index (χ3n) is 3.00. The molecule has 0 aromatic carbocycles. The lowest BCUT2D eigenvalue weighted by Gasteiger charge is -2.23. The van der Waals surface area contributed by atoms with Crippen molar-refractivity contribution in [2.45, 2.75) is 44.6 Å². The molecule has 0 aliphatic heterocycles. The molecule has 1 N–H and O–H groups in total. The zero-order valence-corrected chi connectivity index (χ0v) is 9.00. The van der Waals surface area contributed by atoms with Crippen molar-refractivity contribution in [2.75, 3.05) is 20.6 Å². The second-order valence-electron chi connectivity index (χ2n) is 4.58. The topological polar surface area (TPSA) is 23.5 Å². The number of likely N-dealkylation sites (N-methyl/N-ethyl adjacent to an activating group) is 1. The Morgan fingerprint density at radius 3 is 2.15 bits per heavy atom. The molecule has 0 radical (unpaired) electrons. The summed E-state index contributed by atoms with van der Waals surface area (Å²) in [6, 6.07) is 0.